The number of carbonyl (C=O) groups excluding carboxylic acids is 2. The third-order valence-electron chi connectivity index (χ3n) is 2.21. The standard InChI is InChI=1S/C10H20N3O2PS.C2H6/c1-12-9(11)4-5-17-8(7-14)6-10(15)13(2)16-3;1-2/h7-8,16H,4-6H2,1-3H3,(H2,11,12);1-2H3. The number of carbonyl (C=O) groups is 2. The van der Waals surface area contributed by atoms with Crippen LogP contribution in [-0.4, -0.2) is 54.5 Å². The zero-order chi connectivity index (χ0) is 15.3. The Labute approximate surface area is 122 Å². The monoisotopic (exact) mass is 307 g/mol. The number of thioether (sulfide) groups is 1. The van der Waals surface area contributed by atoms with Crippen LogP contribution in [0.1, 0.15) is 26.7 Å². The largest absolute Gasteiger partial charge is 0.387 e. The highest BCUT2D eigenvalue weighted by molar-refractivity contribution is 8.00. The van der Waals surface area contributed by atoms with E-state index in [1.54, 1.807) is 18.8 Å². The molecule has 0 rings (SSSR count). The lowest BCUT2D eigenvalue weighted by atomic mass is 10.3. The number of nitrogens with two attached hydrogens (primary N) is 1. The van der Waals surface area contributed by atoms with E-state index in [1.165, 1.54) is 11.8 Å². The topological polar surface area (TPSA) is 75.8 Å². The summed E-state index contributed by atoms with van der Waals surface area (Å²) in [5.41, 5.74) is 5.55. The van der Waals surface area contributed by atoms with E-state index < -0.39 is 0 Å². The number of nitrogens with zero attached hydrogens (tertiary/aromatic N) is 2. The first-order chi connectivity index (χ1) is 9.04. The van der Waals surface area contributed by atoms with Crippen molar-refractivity contribution in [3.63, 3.8) is 0 Å². The fraction of sp³-hybridized carbons (Fsp3) is 0.750. The highest BCUT2D eigenvalue weighted by Crippen LogP contribution is 2.18. The molecule has 0 heterocycles. The quantitative estimate of drug-likeness (QED) is 0.321. The van der Waals surface area contributed by atoms with E-state index in [-0.39, 0.29) is 17.6 Å². The van der Waals surface area contributed by atoms with Gasteiger partial charge >= 0.3 is 0 Å². The van der Waals surface area contributed by atoms with Crippen LogP contribution in [0.3, 0.4) is 0 Å². The smallest absolute Gasteiger partial charge is 0.226 e. The zero-order valence-electron chi connectivity index (χ0n) is 12.5. The molecule has 0 bridgehead atoms. The van der Waals surface area contributed by atoms with Crippen LogP contribution in [-0.2, 0) is 9.59 Å². The highest BCUT2D eigenvalue weighted by Gasteiger charge is 2.15. The van der Waals surface area contributed by atoms with Gasteiger partial charge in [0, 0.05) is 32.7 Å². The van der Waals surface area contributed by atoms with Crippen LogP contribution in [0.5, 0.6) is 0 Å². The second-order valence-electron chi connectivity index (χ2n) is 3.39. The summed E-state index contributed by atoms with van der Waals surface area (Å²) in [6.07, 6.45) is 1.73. The molecule has 7 heteroatoms. The zero-order valence-corrected chi connectivity index (χ0v) is 14.3. The molecule has 2 unspecified atom stereocenters. The molecule has 0 aromatic heterocycles. The second kappa shape index (κ2) is 13.8. The molecule has 0 aliphatic carbocycles. The molecule has 5 nitrogen and oxygen atoms in total. The molecular weight excluding hydrogens is 281 g/mol. The van der Waals surface area contributed by atoms with Gasteiger partial charge in [0.1, 0.15) is 6.29 Å². The van der Waals surface area contributed by atoms with Crippen LogP contribution in [0.25, 0.3) is 0 Å². The molecule has 2 N–H and O–H groups in total. The van der Waals surface area contributed by atoms with E-state index in [4.69, 9.17) is 5.73 Å². The Kier molecular flexibility index (Phi) is 15.1. The Hall–Kier alpha value is -0.610. The van der Waals surface area contributed by atoms with Crippen molar-refractivity contribution in [1.29, 1.82) is 0 Å². The SMILES string of the molecule is CC.CN=C(N)CCSC(C=O)CC(=O)N(C)PC. The summed E-state index contributed by atoms with van der Waals surface area (Å²) in [6, 6.07) is 0. The molecule has 0 spiro atoms. The van der Waals surface area contributed by atoms with Crippen molar-refractivity contribution in [2.24, 2.45) is 10.7 Å². The molecule has 0 aromatic rings. The first-order valence-electron chi connectivity index (χ1n) is 6.27. The summed E-state index contributed by atoms with van der Waals surface area (Å²) in [7, 11) is 3.81. The summed E-state index contributed by atoms with van der Waals surface area (Å²) in [5.74, 6) is 1.28. The Morgan fingerprint density at radius 3 is 2.53 bits per heavy atom. The normalized spacial score (nSPS) is 12.8. The number of aldehydes is 1. The van der Waals surface area contributed by atoms with Crippen molar-refractivity contribution >= 4 is 38.5 Å². The fourth-order valence-corrected chi connectivity index (χ4v) is 2.32. The lowest BCUT2D eigenvalue weighted by Gasteiger charge is -2.16. The molecular formula is C12H26N3O2PS. The number of hydrogen-bond donors (Lipinski definition) is 1. The minimum atomic E-state index is -0.286. The van der Waals surface area contributed by atoms with Gasteiger partial charge in [0.2, 0.25) is 5.91 Å². The van der Waals surface area contributed by atoms with E-state index in [1.807, 2.05) is 20.5 Å². The van der Waals surface area contributed by atoms with Crippen LogP contribution in [0.2, 0.25) is 0 Å². The molecule has 0 saturated carbocycles. The number of hydrogen-bond acceptors (Lipinski definition) is 4. The Balaban J connectivity index is 0. The van der Waals surface area contributed by atoms with Crippen LogP contribution >= 0.6 is 20.5 Å². The summed E-state index contributed by atoms with van der Waals surface area (Å²) >= 11 is 1.45. The molecule has 0 fully saturated rings. The van der Waals surface area contributed by atoms with Crippen molar-refractivity contribution in [3.05, 3.63) is 0 Å². The minimum absolute atomic E-state index is 0.00700. The number of aliphatic imine (C=N–C) groups is 1. The number of amidine groups is 1. The van der Waals surface area contributed by atoms with E-state index in [0.717, 1.165) is 6.29 Å². The van der Waals surface area contributed by atoms with Crippen molar-refractivity contribution in [2.75, 3.05) is 26.5 Å². The van der Waals surface area contributed by atoms with E-state index >= 15 is 0 Å². The third kappa shape index (κ3) is 11.0. The van der Waals surface area contributed by atoms with E-state index in [9.17, 15) is 9.59 Å². The average molecular weight is 307 g/mol. The Morgan fingerprint density at radius 1 is 1.53 bits per heavy atom. The van der Waals surface area contributed by atoms with Gasteiger partial charge in [0.15, 0.2) is 0 Å². The van der Waals surface area contributed by atoms with Gasteiger partial charge in [-0.05, 0) is 15.4 Å². The van der Waals surface area contributed by atoms with Crippen molar-refractivity contribution < 1.29 is 9.59 Å². The maximum atomic E-state index is 11.6. The fourth-order valence-electron chi connectivity index (χ4n) is 1.01. The molecule has 0 aliphatic rings. The van der Waals surface area contributed by atoms with Gasteiger partial charge in [-0.25, -0.2) is 0 Å². The van der Waals surface area contributed by atoms with Crippen molar-refractivity contribution in [3.8, 4) is 0 Å². The molecule has 112 valence electrons. The highest BCUT2D eigenvalue weighted by atomic mass is 32.2. The van der Waals surface area contributed by atoms with E-state index in [2.05, 4.69) is 4.99 Å². The summed E-state index contributed by atoms with van der Waals surface area (Å²) in [5, 5.41) is -0.286. The van der Waals surface area contributed by atoms with Gasteiger partial charge in [-0.3, -0.25) is 9.79 Å². The van der Waals surface area contributed by atoms with Crippen LogP contribution in [0, 0.1) is 0 Å². The van der Waals surface area contributed by atoms with Crippen molar-refractivity contribution in [1.82, 2.24) is 4.67 Å². The minimum Gasteiger partial charge on any atom is -0.387 e. The van der Waals surface area contributed by atoms with Gasteiger partial charge in [0.05, 0.1) is 11.1 Å². The van der Waals surface area contributed by atoms with Gasteiger partial charge < -0.3 is 15.2 Å². The Bertz CT molecular complexity index is 288. The van der Waals surface area contributed by atoms with Crippen LogP contribution in [0.4, 0.5) is 0 Å². The van der Waals surface area contributed by atoms with Gasteiger partial charge in [0.25, 0.3) is 0 Å². The Morgan fingerprint density at radius 2 is 2.11 bits per heavy atom. The maximum Gasteiger partial charge on any atom is 0.226 e. The number of amides is 1. The van der Waals surface area contributed by atoms with Gasteiger partial charge in [-0.1, -0.05) is 13.8 Å². The summed E-state index contributed by atoms with van der Waals surface area (Å²) in [4.78, 5) is 26.3. The first-order valence-corrected chi connectivity index (χ1v) is 8.76. The molecule has 2 atom stereocenters. The molecule has 0 radical (unpaired) electrons. The van der Waals surface area contributed by atoms with Crippen molar-refractivity contribution in [2.45, 2.75) is 31.9 Å². The summed E-state index contributed by atoms with van der Waals surface area (Å²) < 4.78 is 1.64. The van der Waals surface area contributed by atoms with Crippen LogP contribution < -0.4 is 5.73 Å². The molecule has 0 aromatic carbocycles. The summed E-state index contributed by atoms with van der Waals surface area (Å²) in [6.45, 7) is 5.93. The molecule has 0 aliphatic heterocycles. The predicted molar refractivity (Wildman–Crippen MR) is 87.4 cm³/mol. The lowest BCUT2D eigenvalue weighted by molar-refractivity contribution is -0.126. The third-order valence-corrected chi connectivity index (χ3v) is 4.28. The van der Waals surface area contributed by atoms with Gasteiger partial charge in [-0.2, -0.15) is 0 Å². The average Bonchev–Trinajstić information content (AvgIpc) is 2.46. The van der Waals surface area contributed by atoms with Crippen LogP contribution in [0.15, 0.2) is 4.99 Å². The molecule has 0 saturated heterocycles. The van der Waals surface area contributed by atoms with E-state index in [0.29, 0.717) is 26.7 Å². The first kappa shape index (κ1) is 20.7. The van der Waals surface area contributed by atoms with Gasteiger partial charge in [-0.15, -0.1) is 11.8 Å². The number of rotatable bonds is 8. The second-order valence-corrected chi connectivity index (χ2v) is 5.86. The maximum absolute atomic E-state index is 11.6. The predicted octanol–water partition coefficient (Wildman–Crippen LogP) is 1.76. The molecule has 19 heavy (non-hydrogen) atoms. The lowest BCUT2D eigenvalue weighted by Crippen LogP contribution is -2.23. The molecule has 1 amide bonds.